The quantitative estimate of drug-likeness (QED) is 0.736. The van der Waals surface area contributed by atoms with E-state index >= 15 is 0 Å². The van der Waals surface area contributed by atoms with E-state index in [1.54, 1.807) is 4.31 Å². The normalized spacial score (nSPS) is 17.5. The molecule has 1 aromatic carbocycles. The van der Waals surface area contributed by atoms with E-state index in [1.807, 2.05) is 49.5 Å². The van der Waals surface area contributed by atoms with Gasteiger partial charge in [-0.15, -0.1) is 0 Å². The highest BCUT2D eigenvalue weighted by atomic mass is 32.2. The van der Waals surface area contributed by atoms with Crippen molar-refractivity contribution in [1.29, 1.82) is 0 Å². The third-order valence-corrected chi connectivity index (χ3v) is 6.37. The smallest absolute Gasteiger partial charge is 0.214 e. The number of fused-ring (bicyclic) bond motifs is 1. The predicted molar refractivity (Wildman–Crippen MR) is 94.2 cm³/mol. The van der Waals surface area contributed by atoms with Crippen LogP contribution in [0.5, 0.6) is 0 Å². The first kappa shape index (κ1) is 15.4. The number of rotatable bonds is 3. The van der Waals surface area contributed by atoms with E-state index in [4.69, 9.17) is 0 Å². The van der Waals surface area contributed by atoms with Gasteiger partial charge in [-0.3, -0.25) is 4.40 Å². The summed E-state index contributed by atoms with van der Waals surface area (Å²) in [5.41, 5.74) is 4.99. The van der Waals surface area contributed by atoms with Crippen LogP contribution >= 0.6 is 0 Å². The fraction of sp³-hybridized carbons (Fsp3) is 0.278. The molecule has 2 aromatic heterocycles. The summed E-state index contributed by atoms with van der Waals surface area (Å²) in [6, 6.07) is 14.0. The van der Waals surface area contributed by atoms with E-state index in [0.717, 1.165) is 28.2 Å². The summed E-state index contributed by atoms with van der Waals surface area (Å²) < 4.78 is 27.7. The van der Waals surface area contributed by atoms with Crippen LogP contribution in [-0.2, 0) is 16.6 Å². The van der Waals surface area contributed by atoms with Crippen molar-refractivity contribution >= 4 is 15.7 Å². The molecule has 0 bridgehead atoms. The maximum atomic E-state index is 12.0. The van der Waals surface area contributed by atoms with E-state index in [0.29, 0.717) is 19.5 Å². The molecular formula is C18H19N3O2S. The lowest BCUT2D eigenvalue weighted by Gasteiger charge is -2.15. The molecule has 0 spiro atoms. The minimum absolute atomic E-state index is 0.263. The number of sulfonamides is 1. The van der Waals surface area contributed by atoms with Crippen LogP contribution in [0.25, 0.3) is 16.9 Å². The lowest BCUT2D eigenvalue weighted by molar-refractivity contribution is 0.440. The lowest BCUT2D eigenvalue weighted by Crippen LogP contribution is -2.25. The summed E-state index contributed by atoms with van der Waals surface area (Å²) in [5.74, 6) is 0.263. The standard InChI is InChI=1S/C18H19N3O2S/c1-14-18(21-10-3-2-8-17(21)19-14)16-7-4-6-15(12-16)13-20-9-5-11-24(20,22)23/h2-4,6-8,10,12H,5,9,11,13H2,1H3. The average Bonchev–Trinajstić information content (AvgIpc) is 3.06. The largest absolute Gasteiger partial charge is 0.299 e. The maximum absolute atomic E-state index is 12.0. The van der Waals surface area contributed by atoms with Gasteiger partial charge in [-0.2, -0.15) is 4.31 Å². The number of imidazole rings is 1. The highest BCUT2D eigenvalue weighted by Gasteiger charge is 2.28. The molecule has 1 saturated heterocycles. The molecule has 0 saturated carbocycles. The Morgan fingerprint density at radius 2 is 2.04 bits per heavy atom. The van der Waals surface area contributed by atoms with Crippen molar-refractivity contribution in [3.05, 3.63) is 59.9 Å². The molecule has 3 heterocycles. The zero-order chi connectivity index (χ0) is 16.7. The van der Waals surface area contributed by atoms with Gasteiger partial charge in [-0.1, -0.05) is 24.3 Å². The van der Waals surface area contributed by atoms with Gasteiger partial charge in [0.2, 0.25) is 10.0 Å². The van der Waals surface area contributed by atoms with Gasteiger partial charge in [-0.05, 0) is 37.1 Å². The summed E-state index contributed by atoms with van der Waals surface area (Å²) in [5, 5.41) is 0. The molecule has 1 aliphatic rings. The van der Waals surface area contributed by atoms with Crippen LogP contribution in [-0.4, -0.2) is 34.4 Å². The summed E-state index contributed by atoms with van der Waals surface area (Å²) in [6.45, 7) is 3.05. The molecule has 1 aliphatic heterocycles. The Bertz CT molecular complexity index is 1010. The van der Waals surface area contributed by atoms with E-state index < -0.39 is 10.0 Å². The van der Waals surface area contributed by atoms with Crippen LogP contribution in [0.3, 0.4) is 0 Å². The number of hydrogen-bond donors (Lipinski definition) is 0. The first-order valence-corrected chi connectivity index (χ1v) is 9.66. The van der Waals surface area contributed by atoms with Crippen LogP contribution in [0, 0.1) is 6.92 Å². The monoisotopic (exact) mass is 341 g/mol. The molecule has 6 heteroatoms. The molecule has 3 aromatic rings. The molecular weight excluding hydrogens is 322 g/mol. The second-order valence-electron chi connectivity index (χ2n) is 6.18. The third kappa shape index (κ3) is 2.61. The van der Waals surface area contributed by atoms with Crippen LogP contribution in [0.1, 0.15) is 17.7 Å². The number of hydrogen-bond acceptors (Lipinski definition) is 3. The molecule has 0 amide bonds. The van der Waals surface area contributed by atoms with Gasteiger partial charge in [-0.25, -0.2) is 13.4 Å². The Morgan fingerprint density at radius 1 is 1.17 bits per heavy atom. The topological polar surface area (TPSA) is 54.7 Å². The van der Waals surface area contributed by atoms with Crippen LogP contribution in [0.2, 0.25) is 0 Å². The highest BCUT2D eigenvalue weighted by molar-refractivity contribution is 7.89. The van der Waals surface area contributed by atoms with Crippen LogP contribution < -0.4 is 0 Å². The van der Waals surface area contributed by atoms with E-state index in [9.17, 15) is 8.42 Å². The molecule has 0 unspecified atom stereocenters. The fourth-order valence-corrected chi connectivity index (χ4v) is 4.86. The van der Waals surface area contributed by atoms with Crippen molar-refractivity contribution in [2.45, 2.75) is 19.9 Å². The summed E-state index contributed by atoms with van der Waals surface area (Å²) >= 11 is 0. The van der Waals surface area contributed by atoms with Crippen LogP contribution in [0.4, 0.5) is 0 Å². The van der Waals surface area contributed by atoms with Crippen molar-refractivity contribution < 1.29 is 8.42 Å². The van der Waals surface area contributed by atoms with Crippen molar-refractivity contribution in [3.8, 4) is 11.3 Å². The predicted octanol–water partition coefficient (Wildman–Crippen LogP) is 2.85. The molecule has 124 valence electrons. The molecule has 1 fully saturated rings. The van der Waals surface area contributed by atoms with Crippen molar-refractivity contribution in [2.75, 3.05) is 12.3 Å². The lowest BCUT2D eigenvalue weighted by atomic mass is 10.1. The van der Waals surface area contributed by atoms with Gasteiger partial charge in [0.05, 0.1) is 17.1 Å². The summed E-state index contributed by atoms with van der Waals surface area (Å²) in [7, 11) is -3.08. The Hall–Kier alpha value is -2.18. The number of aromatic nitrogens is 2. The Kier molecular flexibility index (Phi) is 3.66. The van der Waals surface area contributed by atoms with Crippen LogP contribution in [0.15, 0.2) is 48.7 Å². The van der Waals surface area contributed by atoms with Crippen molar-refractivity contribution in [3.63, 3.8) is 0 Å². The van der Waals surface area contributed by atoms with Crippen molar-refractivity contribution in [1.82, 2.24) is 13.7 Å². The Morgan fingerprint density at radius 3 is 2.83 bits per heavy atom. The minimum Gasteiger partial charge on any atom is -0.299 e. The second-order valence-corrected chi connectivity index (χ2v) is 8.27. The summed E-state index contributed by atoms with van der Waals surface area (Å²) in [4.78, 5) is 4.60. The number of benzene rings is 1. The number of aryl methyl sites for hydroxylation is 1. The number of nitrogens with zero attached hydrogens (tertiary/aromatic N) is 3. The first-order valence-electron chi connectivity index (χ1n) is 8.05. The highest BCUT2D eigenvalue weighted by Crippen LogP contribution is 2.26. The van der Waals surface area contributed by atoms with Gasteiger partial charge >= 0.3 is 0 Å². The van der Waals surface area contributed by atoms with Gasteiger partial charge < -0.3 is 0 Å². The third-order valence-electron chi connectivity index (χ3n) is 4.47. The maximum Gasteiger partial charge on any atom is 0.214 e. The van der Waals surface area contributed by atoms with E-state index in [-0.39, 0.29) is 5.75 Å². The van der Waals surface area contributed by atoms with E-state index in [2.05, 4.69) is 15.5 Å². The Balaban J connectivity index is 1.73. The minimum atomic E-state index is -3.08. The SMILES string of the molecule is Cc1nc2ccccn2c1-c1cccc(CN2CCCS2(=O)=O)c1. The summed E-state index contributed by atoms with van der Waals surface area (Å²) in [6.07, 6.45) is 2.72. The second kappa shape index (κ2) is 5.72. The molecule has 0 atom stereocenters. The average molecular weight is 341 g/mol. The van der Waals surface area contributed by atoms with Gasteiger partial charge in [0.25, 0.3) is 0 Å². The zero-order valence-electron chi connectivity index (χ0n) is 13.5. The van der Waals surface area contributed by atoms with Gasteiger partial charge in [0.15, 0.2) is 0 Å². The zero-order valence-corrected chi connectivity index (χ0v) is 14.3. The molecule has 24 heavy (non-hydrogen) atoms. The molecule has 0 N–H and O–H groups in total. The van der Waals surface area contributed by atoms with Crippen molar-refractivity contribution in [2.24, 2.45) is 0 Å². The molecule has 5 nitrogen and oxygen atoms in total. The van der Waals surface area contributed by atoms with E-state index in [1.165, 1.54) is 0 Å². The molecule has 4 rings (SSSR count). The Labute approximate surface area is 141 Å². The number of pyridine rings is 1. The molecule has 0 radical (unpaired) electrons. The van der Waals surface area contributed by atoms with Gasteiger partial charge in [0, 0.05) is 24.8 Å². The van der Waals surface area contributed by atoms with Gasteiger partial charge in [0.1, 0.15) is 5.65 Å². The molecule has 0 aliphatic carbocycles. The first-order chi connectivity index (χ1) is 11.5. The fourth-order valence-electron chi connectivity index (χ4n) is 3.35.